The number of carbonyl (C=O) groups is 1. The lowest BCUT2D eigenvalue weighted by Gasteiger charge is -2.27. The maximum absolute atomic E-state index is 13.2. The summed E-state index contributed by atoms with van der Waals surface area (Å²) in [6, 6.07) is 7.39. The Balaban J connectivity index is 1.75. The summed E-state index contributed by atoms with van der Waals surface area (Å²) in [5.74, 6) is -0.689. The number of nitro groups is 1. The highest BCUT2D eigenvalue weighted by Crippen LogP contribution is 2.42. The maximum atomic E-state index is 13.2. The van der Waals surface area contributed by atoms with Crippen LogP contribution < -0.4 is 0 Å². The summed E-state index contributed by atoms with van der Waals surface area (Å²) in [5, 5.41) is 12.3. The summed E-state index contributed by atoms with van der Waals surface area (Å²) in [6.07, 6.45) is 3.16. The minimum absolute atomic E-state index is 0.00607. The summed E-state index contributed by atoms with van der Waals surface area (Å²) in [7, 11) is 0. The van der Waals surface area contributed by atoms with E-state index in [1.807, 2.05) is 0 Å². The molecule has 3 rings (SSSR count). The summed E-state index contributed by atoms with van der Waals surface area (Å²) >= 11 is 1.01. The second kappa shape index (κ2) is 6.68. The lowest BCUT2D eigenvalue weighted by Crippen LogP contribution is -2.34. The standard InChI is InChI=1S/C17H16FNO4S/c18-14-5-3-13(4-6-14)17(7-1-2-8-17)16(20)23-10-12-9-15(19(21)22)24-11-12/h3-6,9,11H,1-2,7-8,10H2. The second-order valence-electron chi connectivity index (χ2n) is 5.92. The zero-order chi connectivity index (χ0) is 17.2. The fraction of sp³-hybridized carbons (Fsp3) is 0.353. The molecule has 5 nitrogen and oxygen atoms in total. The Bertz CT molecular complexity index is 750. The predicted octanol–water partition coefficient (Wildman–Crippen LogP) is 4.35. The van der Waals surface area contributed by atoms with Gasteiger partial charge in [-0.05, 0) is 30.5 Å². The van der Waals surface area contributed by atoms with E-state index in [-0.39, 0.29) is 23.4 Å². The van der Waals surface area contributed by atoms with Crippen molar-refractivity contribution in [3.63, 3.8) is 0 Å². The van der Waals surface area contributed by atoms with Crippen LogP contribution >= 0.6 is 11.3 Å². The van der Waals surface area contributed by atoms with Crippen molar-refractivity contribution in [2.75, 3.05) is 0 Å². The molecule has 0 spiro atoms. The zero-order valence-electron chi connectivity index (χ0n) is 12.9. The van der Waals surface area contributed by atoms with Gasteiger partial charge in [0.2, 0.25) is 0 Å². The molecule has 0 saturated heterocycles. The lowest BCUT2D eigenvalue weighted by molar-refractivity contribution is -0.380. The third-order valence-corrected chi connectivity index (χ3v) is 5.36. The van der Waals surface area contributed by atoms with Crippen molar-refractivity contribution in [2.24, 2.45) is 0 Å². The molecule has 1 aromatic carbocycles. The lowest BCUT2D eigenvalue weighted by atomic mass is 9.79. The van der Waals surface area contributed by atoms with E-state index < -0.39 is 10.3 Å². The molecule has 2 aromatic rings. The maximum Gasteiger partial charge on any atom is 0.324 e. The normalized spacial score (nSPS) is 16.0. The minimum atomic E-state index is -0.740. The third kappa shape index (κ3) is 3.17. The molecular formula is C17H16FNO4S. The van der Waals surface area contributed by atoms with Crippen molar-refractivity contribution in [1.82, 2.24) is 0 Å². The minimum Gasteiger partial charge on any atom is -0.460 e. The molecule has 0 amide bonds. The topological polar surface area (TPSA) is 69.4 Å². The smallest absolute Gasteiger partial charge is 0.324 e. The van der Waals surface area contributed by atoms with Gasteiger partial charge < -0.3 is 4.74 Å². The van der Waals surface area contributed by atoms with E-state index in [9.17, 15) is 19.3 Å². The van der Waals surface area contributed by atoms with Crippen molar-refractivity contribution < 1.29 is 18.8 Å². The van der Waals surface area contributed by atoms with Crippen molar-refractivity contribution in [3.8, 4) is 0 Å². The largest absolute Gasteiger partial charge is 0.460 e. The van der Waals surface area contributed by atoms with Gasteiger partial charge in [0, 0.05) is 17.0 Å². The molecule has 0 atom stereocenters. The number of nitrogens with zero attached hydrogens (tertiary/aromatic N) is 1. The molecule has 126 valence electrons. The highest BCUT2D eigenvalue weighted by atomic mass is 32.1. The molecule has 24 heavy (non-hydrogen) atoms. The number of halogens is 1. The SMILES string of the molecule is O=C(OCc1csc([N+](=O)[O-])c1)C1(c2ccc(F)cc2)CCCC1. The Morgan fingerprint density at radius 2 is 1.96 bits per heavy atom. The first-order valence-electron chi connectivity index (χ1n) is 7.66. The number of hydrogen-bond donors (Lipinski definition) is 0. The van der Waals surface area contributed by atoms with Crippen LogP contribution in [0.3, 0.4) is 0 Å². The molecule has 1 fully saturated rings. The summed E-state index contributed by atoms with van der Waals surface area (Å²) in [6.45, 7) is 0.00607. The molecule has 1 aliphatic rings. The molecule has 0 radical (unpaired) electrons. The van der Waals surface area contributed by atoms with Crippen LogP contribution in [0.1, 0.15) is 36.8 Å². The molecule has 0 aliphatic heterocycles. The highest BCUT2D eigenvalue weighted by Gasteiger charge is 2.44. The van der Waals surface area contributed by atoms with Gasteiger partial charge in [0.05, 0.1) is 10.3 Å². The number of esters is 1. The molecule has 1 aliphatic carbocycles. The van der Waals surface area contributed by atoms with Crippen LogP contribution in [0.2, 0.25) is 0 Å². The molecule has 0 N–H and O–H groups in total. The zero-order valence-corrected chi connectivity index (χ0v) is 13.7. The van der Waals surface area contributed by atoms with Gasteiger partial charge in [0.25, 0.3) is 0 Å². The van der Waals surface area contributed by atoms with Crippen molar-refractivity contribution >= 4 is 22.3 Å². The van der Waals surface area contributed by atoms with Gasteiger partial charge in [-0.1, -0.05) is 36.3 Å². The van der Waals surface area contributed by atoms with Gasteiger partial charge in [-0.3, -0.25) is 14.9 Å². The number of carbonyl (C=O) groups excluding carboxylic acids is 1. The van der Waals surface area contributed by atoms with E-state index in [2.05, 4.69) is 0 Å². The molecular weight excluding hydrogens is 333 g/mol. The van der Waals surface area contributed by atoms with Gasteiger partial charge in [-0.15, -0.1) is 0 Å². The number of benzene rings is 1. The fourth-order valence-electron chi connectivity index (χ4n) is 3.18. The predicted molar refractivity (Wildman–Crippen MR) is 87.3 cm³/mol. The van der Waals surface area contributed by atoms with Crippen LogP contribution in [0, 0.1) is 15.9 Å². The van der Waals surface area contributed by atoms with Crippen molar-refractivity contribution in [2.45, 2.75) is 37.7 Å². The average molecular weight is 349 g/mol. The number of hydrogen-bond acceptors (Lipinski definition) is 5. The van der Waals surface area contributed by atoms with Crippen LogP contribution in [0.5, 0.6) is 0 Å². The van der Waals surface area contributed by atoms with Crippen LogP contribution in [0.25, 0.3) is 0 Å². The first kappa shape index (κ1) is 16.6. The van der Waals surface area contributed by atoms with E-state index in [1.165, 1.54) is 18.2 Å². The number of thiophene rings is 1. The first-order chi connectivity index (χ1) is 11.5. The number of ether oxygens (including phenoxy) is 1. The molecule has 1 aromatic heterocycles. The summed E-state index contributed by atoms with van der Waals surface area (Å²) in [4.78, 5) is 23.0. The Morgan fingerprint density at radius 3 is 2.54 bits per heavy atom. The van der Waals surface area contributed by atoms with Crippen LogP contribution in [0.4, 0.5) is 9.39 Å². The van der Waals surface area contributed by atoms with Crippen LogP contribution in [-0.2, 0) is 21.6 Å². The molecule has 1 heterocycles. The van der Waals surface area contributed by atoms with E-state index in [4.69, 9.17) is 4.74 Å². The highest BCUT2D eigenvalue weighted by molar-refractivity contribution is 7.13. The average Bonchev–Trinajstić information content (AvgIpc) is 3.23. The van der Waals surface area contributed by atoms with Crippen molar-refractivity contribution in [3.05, 3.63) is 62.8 Å². The van der Waals surface area contributed by atoms with Gasteiger partial charge in [-0.25, -0.2) is 4.39 Å². The monoisotopic (exact) mass is 349 g/mol. The van der Waals surface area contributed by atoms with Crippen LogP contribution in [0.15, 0.2) is 35.7 Å². The first-order valence-corrected chi connectivity index (χ1v) is 8.54. The summed E-state index contributed by atoms with van der Waals surface area (Å²) in [5.41, 5.74) is 0.630. The Morgan fingerprint density at radius 1 is 1.29 bits per heavy atom. The molecule has 1 saturated carbocycles. The van der Waals surface area contributed by atoms with Gasteiger partial charge in [0.1, 0.15) is 12.4 Å². The Labute approximate surface area is 142 Å². The Hall–Kier alpha value is -2.28. The summed E-state index contributed by atoms with van der Waals surface area (Å²) < 4.78 is 18.6. The second-order valence-corrected chi connectivity index (χ2v) is 6.81. The van der Waals surface area contributed by atoms with Crippen LogP contribution in [-0.4, -0.2) is 10.9 Å². The van der Waals surface area contributed by atoms with E-state index in [1.54, 1.807) is 17.5 Å². The number of rotatable bonds is 5. The fourth-order valence-corrected chi connectivity index (χ4v) is 3.89. The van der Waals surface area contributed by atoms with Gasteiger partial charge in [0.15, 0.2) is 0 Å². The van der Waals surface area contributed by atoms with Gasteiger partial charge in [-0.2, -0.15) is 0 Å². The molecule has 7 heteroatoms. The molecule has 0 unspecified atom stereocenters. The third-order valence-electron chi connectivity index (χ3n) is 4.43. The van der Waals surface area contributed by atoms with E-state index in [0.717, 1.165) is 29.7 Å². The van der Waals surface area contributed by atoms with E-state index in [0.29, 0.717) is 18.4 Å². The molecule has 0 bridgehead atoms. The Kier molecular flexibility index (Phi) is 4.62. The van der Waals surface area contributed by atoms with Crippen molar-refractivity contribution in [1.29, 1.82) is 0 Å². The van der Waals surface area contributed by atoms with Gasteiger partial charge >= 0.3 is 11.0 Å². The van der Waals surface area contributed by atoms with E-state index >= 15 is 0 Å². The quantitative estimate of drug-likeness (QED) is 0.457.